The van der Waals surface area contributed by atoms with E-state index in [1.54, 1.807) is 0 Å². The van der Waals surface area contributed by atoms with Crippen molar-refractivity contribution >= 4 is 23.0 Å². The van der Waals surface area contributed by atoms with E-state index < -0.39 is 0 Å². The van der Waals surface area contributed by atoms with Crippen LogP contribution in [0.2, 0.25) is 0 Å². The number of methoxy groups -OCH3 is 1. The highest BCUT2D eigenvalue weighted by molar-refractivity contribution is 7.13. The zero-order chi connectivity index (χ0) is 20.9. The van der Waals surface area contributed by atoms with Gasteiger partial charge in [0, 0.05) is 27.3 Å². The summed E-state index contributed by atoms with van der Waals surface area (Å²) < 4.78 is 6.09. The molecular weight excluding hydrogens is 372 g/mol. The fourth-order valence-corrected chi connectivity index (χ4v) is 5.31. The zero-order valence-electron chi connectivity index (χ0n) is 18.6. The lowest BCUT2D eigenvalue weighted by atomic mass is 9.81. The van der Waals surface area contributed by atoms with Crippen LogP contribution in [0.3, 0.4) is 0 Å². The van der Waals surface area contributed by atoms with Gasteiger partial charge in [0.25, 0.3) is 0 Å². The number of thiophene rings is 1. The van der Waals surface area contributed by atoms with Gasteiger partial charge in [-0.2, -0.15) is 0 Å². The van der Waals surface area contributed by atoms with Crippen molar-refractivity contribution in [1.29, 1.82) is 0 Å². The van der Waals surface area contributed by atoms with Gasteiger partial charge < -0.3 is 4.74 Å². The Bertz CT molecular complexity index is 1100. The molecule has 0 aliphatic heterocycles. The number of hydrogen-bond acceptors (Lipinski definition) is 2. The molecule has 1 aromatic heterocycles. The number of fused-ring (bicyclic) bond motifs is 1. The van der Waals surface area contributed by atoms with Gasteiger partial charge in [0.2, 0.25) is 0 Å². The molecule has 0 saturated heterocycles. The quantitative estimate of drug-likeness (QED) is 0.435. The van der Waals surface area contributed by atoms with Crippen molar-refractivity contribution in [1.82, 2.24) is 0 Å². The van der Waals surface area contributed by atoms with Crippen molar-refractivity contribution in [2.75, 3.05) is 7.11 Å². The first-order valence-electron chi connectivity index (χ1n) is 10.3. The van der Waals surface area contributed by atoms with E-state index in [0.717, 1.165) is 12.2 Å². The maximum Gasteiger partial charge on any atom is 0.130 e. The van der Waals surface area contributed by atoms with Crippen LogP contribution in [0, 0.1) is 20.8 Å². The SMILES string of the molecule is COc1c(C(C)(C)C)cc2c(c1-c1cc(C)cc(C)c1)CC(c1ccc(C)s1)=C2. The van der Waals surface area contributed by atoms with Crippen molar-refractivity contribution < 1.29 is 4.74 Å². The molecule has 0 radical (unpaired) electrons. The van der Waals surface area contributed by atoms with Gasteiger partial charge in [0.05, 0.1) is 7.11 Å². The fourth-order valence-electron chi connectivity index (χ4n) is 4.43. The first kappa shape index (κ1) is 20.0. The third-order valence-electron chi connectivity index (χ3n) is 5.70. The van der Waals surface area contributed by atoms with Gasteiger partial charge in [0.15, 0.2) is 0 Å². The number of benzene rings is 2. The molecule has 150 valence electrons. The van der Waals surface area contributed by atoms with E-state index in [2.05, 4.69) is 84.0 Å². The van der Waals surface area contributed by atoms with E-state index in [0.29, 0.717) is 0 Å². The second-order valence-corrected chi connectivity index (χ2v) is 10.6. The van der Waals surface area contributed by atoms with Crippen LogP contribution >= 0.6 is 11.3 Å². The highest BCUT2D eigenvalue weighted by Crippen LogP contribution is 2.48. The molecular formula is C27H30OS. The third kappa shape index (κ3) is 3.67. The smallest absolute Gasteiger partial charge is 0.130 e. The molecule has 0 saturated carbocycles. The molecule has 0 amide bonds. The van der Waals surface area contributed by atoms with Gasteiger partial charge >= 0.3 is 0 Å². The van der Waals surface area contributed by atoms with Crippen LogP contribution in [-0.2, 0) is 11.8 Å². The van der Waals surface area contributed by atoms with Gasteiger partial charge in [-0.3, -0.25) is 0 Å². The Morgan fingerprint density at radius 3 is 2.17 bits per heavy atom. The molecule has 1 aliphatic rings. The Balaban J connectivity index is 1.98. The van der Waals surface area contributed by atoms with E-state index in [4.69, 9.17) is 4.74 Å². The second kappa shape index (κ2) is 7.18. The van der Waals surface area contributed by atoms with Crippen molar-refractivity contribution in [3.05, 3.63) is 74.0 Å². The summed E-state index contributed by atoms with van der Waals surface area (Å²) in [5.74, 6) is 1.03. The average Bonchev–Trinajstić information content (AvgIpc) is 3.24. The van der Waals surface area contributed by atoms with Crippen LogP contribution in [0.4, 0.5) is 0 Å². The molecule has 2 aromatic carbocycles. The summed E-state index contributed by atoms with van der Waals surface area (Å²) in [7, 11) is 1.81. The van der Waals surface area contributed by atoms with Gasteiger partial charge in [-0.15, -0.1) is 11.3 Å². The number of rotatable bonds is 3. The number of hydrogen-bond donors (Lipinski definition) is 0. The lowest BCUT2D eigenvalue weighted by Crippen LogP contribution is -2.14. The molecule has 4 rings (SSSR count). The topological polar surface area (TPSA) is 9.23 Å². The van der Waals surface area contributed by atoms with Crippen molar-refractivity contribution in [2.45, 2.75) is 53.4 Å². The van der Waals surface area contributed by atoms with Crippen LogP contribution in [0.15, 0.2) is 36.4 Å². The van der Waals surface area contributed by atoms with Gasteiger partial charge in [0.1, 0.15) is 5.75 Å². The zero-order valence-corrected chi connectivity index (χ0v) is 19.4. The molecule has 1 heterocycles. The molecule has 0 fully saturated rings. The van der Waals surface area contributed by atoms with E-state index in [1.165, 1.54) is 54.3 Å². The van der Waals surface area contributed by atoms with Gasteiger partial charge in [-0.05, 0) is 72.7 Å². The van der Waals surface area contributed by atoms with Crippen LogP contribution < -0.4 is 4.74 Å². The number of ether oxygens (including phenoxy) is 1. The molecule has 29 heavy (non-hydrogen) atoms. The Morgan fingerprint density at radius 1 is 0.931 bits per heavy atom. The van der Waals surface area contributed by atoms with E-state index in [1.807, 2.05) is 18.4 Å². The molecule has 1 aliphatic carbocycles. The lowest BCUT2D eigenvalue weighted by Gasteiger charge is -2.26. The Kier molecular flexibility index (Phi) is 4.94. The standard InChI is InChI=1S/C27H30OS/c1-16-10-17(2)12-21(11-16)25-22-14-20(24-9-8-18(3)29-24)13-19(22)15-23(26(25)28-7)27(4,5)6/h8-13,15H,14H2,1-7H3. The summed E-state index contributed by atoms with van der Waals surface area (Å²) in [6.45, 7) is 13.3. The monoisotopic (exact) mass is 402 g/mol. The van der Waals surface area contributed by atoms with Gasteiger partial charge in [-0.1, -0.05) is 50.1 Å². The summed E-state index contributed by atoms with van der Waals surface area (Å²) in [6.07, 6.45) is 3.35. The van der Waals surface area contributed by atoms with E-state index in [-0.39, 0.29) is 5.41 Å². The summed E-state index contributed by atoms with van der Waals surface area (Å²) in [5.41, 5.74) is 10.5. The maximum absolute atomic E-state index is 6.09. The molecule has 0 unspecified atom stereocenters. The Labute approximate surface area is 179 Å². The third-order valence-corrected chi connectivity index (χ3v) is 6.77. The lowest BCUT2D eigenvalue weighted by molar-refractivity contribution is 0.399. The van der Waals surface area contributed by atoms with Gasteiger partial charge in [-0.25, -0.2) is 0 Å². The largest absolute Gasteiger partial charge is 0.496 e. The van der Waals surface area contributed by atoms with Crippen LogP contribution in [0.25, 0.3) is 22.8 Å². The number of allylic oxidation sites excluding steroid dienone is 1. The van der Waals surface area contributed by atoms with Crippen molar-refractivity contribution in [2.24, 2.45) is 0 Å². The highest BCUT2D eigenvalue weighted by Gasteiger charge is 2.29. The minimum atomic E-state index is 0.00407. The normalized spacial score (nSPS) is 13.4. The van der Waals surface area contributed by atoms with Crippen LogP contribution in [0.5, 0.6) is 5.75 Å². The first-order chi connectivity index (χ1) is 13.7. The minimum absolute atomic E-state index is 0.00407. The average molecular weight is 403 g/mol. The Morgan fingerprint density at radius 2 is 1.62 bits per heavy atom. The summed E-state index contributed by atoms with van der Waals surface area (Å²) in [6, 6.07) is 13.7. The molecule has 0 N–H and O–H groups in total. The highest BCUT2D eigenvalue weighted by atomic mass is 32.1. The molecule has 3 aromatic rings. The molecule has 0 spiro atoms. The predicted molar refractivity (Wildman–Crippen MR) is 127 cm³/mol. The molecule has 1 nitrogen and oxygen atoms in total. The second-order valence-electron chi connectivity index (χ2n) is 9.28. The summed E-state index contributed by atoms with van der Waals surface area (Å²) in [4.78, 5) is 2.74. The fraction of sp³-hybridized carbons (Fsp3) is 0.333. The Hall–Kier alpha value is -2.32. The molecule has 0 bridgehead atoms. The van der Waals surface area contributed by atoms with Crippen LogP contribution in [-0.4, -0.2) is 7.11 Å². The maximum atomic E-state index is 6.09. The summed E-state index contributed by atoms with van der Waals surface area (Å²) in [5, 5.41) is 0. The predicted octanol–water partition coefficient (Wildman–Crippen LogP) is 7.74. The number of aryl methyl sites for hydroxylation is 3. The first-order valence-corrected chi connectivity index (χ1v) is 11.1. The summed E-state index contributed by atoms with van der Waals surface area (Å²) >= 11 is 1.88. The molecule has 0 atom stereocenters. The van der Waals surface area contributed by atoms with Crippen LogP contribution in [0.1, 0.15) is 58.3 Å². The minimum Gasteiger partial charge on any atom is -0.496 e. The van der Waals surface area contributed by atoms with E-state index in [9.17, 15) is 0 Å². The van der Waals surface area contributed by atoms with E-state index >= 15 is 0 Å². The van der Waals surface area contributed by atoms with Crippen molar-refractivity contribution in [3.8, 4) is 16.9 Å². The van der Waals surface area contributed by atoms with Crippen molar-refractivity contribution in [3.63, 3.8) is 0 Å². The molecule has 2 heteroatoms.